The van der Waals surface area contributed by atoms with E-state index in [-0.39, 0.29) is 0 Å². The zero-order valence-corrected chi connectivity index (χ0v) is 19.0. The van der Waals surface area contributed by atoms with Crippen LogP contribution in [0.3, 0.4) is 0 Å². The molecule has 0 radical (unpaired) electrons. The Labute approximate surface area is 188 Å². The van der Waals surface area contributed by atoms with Gasteiger partial charge in [0.15, 0.2) is 11.5 Å². The number of ether oxygens (including phenoxy) is 3. The number of hydrogen-bond acceptors (Lipinski definition) is 4. The van der Waals surface area contributed by atoms with Crippen molar-refractivity contribution < 1.29 is 14.2 Å². The molecule has 0 aromatic heterocycles. The van der Waals surface area contributed by atoms with Gasteiger partial charge in [-0.2, -0.15) is 0 Å². The lowest BCUT2D eigenvalue weighted by Crippen LogP contribution is -2.44. The molecule has 3 aromatic carbocycles. The lowest BCUT2D eigenvalue weighted by molar-refractivity contribution is 0.355. The number of methoxy groups -OCH3 is 3. The molecule has 0 saturated heterocycles. The summed E-state index contributed by atoms with van der Waals surface area (Å²) in [6, 6.07) is 10.9. The highest BCUT2D eigenvalue weighted by atomic mass is 16.5. The molecule has 162 valence electrons. The number of fused-ring (bicyclic) bond motifs is 4. The Bertz CT molecular complexity index is 1450. The molecule has 3 aromatic rings. The van der Waals surface area contributed by atoms with Gasteiger partial charge in [-0.25, -0.2) is 0 Å². The molecule has 1 heterocycles. The van der Waals surface area contributed by atoms with Gasteiger partial charge >= 0.3 is 0 Å². The summed E-state index contributed by atoms with van der Waals surface area (Å²) < 4.78 is 17.3. The Hall–Kier alpha value is -3.40. The number of anilines is 1. The number of hydrogen-bond donors (Lipinski definition) is 0. The van der Waals surface area contributed by atoms with E-state index in [9.17, 15) is 0 Å². The lowest BCUT2D eigenvalue weighted by Gasteiger charge is -2.34. The van der Waals surface area contributed by atoms with Gasteiger partial charge in [-0.1, -0.05) is 18.2 Å². The highest BCUT2D eigenvalue weighted by Gasteiger charge is 2.29. The maximum Gasteiger partial charge on any atom is 0.168 e. The van der Waals surface area contributed by atoms with Crippen LogP contribution in [0.15, 0.2) is 36.4 Å². The van der Waals surface area contributed by atoms with Crippen LogP contribution >= 0.6 is 0 Å². The van der Waals surface area contributed by atoms with Gasteiger partial charge in [0.05, 0.1) is 32.7 Å². The van der Waals surface area contributed by atoms with E-state index in [4.69, 9.17) is 14.2 Å². The maximum absolute atomic E-state index is 5.91. The molecule has 32 heavy (non-hydrogen) atoms. The van der Waals surface area contributed by atoms with Crippen LogP contribution < -0.4 is 29.5 Å². The van der Waals surface area contributed by atoms with Gasteiger partial charge in [0.25, 0.3) is 0 Å². The highest BCUT2D eigenvalue weighted by molar-refractivity contribution is 6.14. The average molecular weight is 426 g/mol. The number of benzene rings is 3. The van der Waals surface area contributed by atoms with E-state index in [1.54, 1.807) is 21.3 Å². The molecule has 0 N–H and O–H groups in total. The zero-order valence-electron chi connectivity index (χ0n) is 19.0. The van der Waals surface area contributed by atoms with Crippen molar-refractivity contribution >= 4 is 33.8 Å². The van der Waals surface area contributed by atoms with Crippen molar-refractivity contribution in [3.05, 3.63) is 52.4 Å². The van der Waals surface area contributed by atoms with Crippen molar-refractivity contribution in [2.75, 3.05) is 33.3 Å². The van der Waals surface area contributed by atoms with E-state index in [0.717, 1.165) is 30.1 Å². The van der Waals surface area contributed by atoms with Crippen LogP contribution in [0.2, 0.25) is 0 Å². The first-order valence-corrected chi connectivity index (χ1v) is 11.3. The van der Waals surface area contributed by atoms with Crippen molar-refractivity contribution in [3.63, 3.8) is 0 Å². The molecule has 0 atom stereocenters. The fraction of sp³-hybridized carbons (Fsp3) is 0.286. The Morgan fingerprint density at radius 2 is 1.66 bits per heavy atom. The van der Waals surface area contributed by atoms with Crippen LogP contribution in [0.4, 0.5) is 5.69 Å². The molecule has 0 unspecified atom stereocenters. The van der Waals surface area contributed by atoms with Gasteiger partial charge in [0, 0.05) is 34.0 Å². The third kappa shape index (κ3) is 2.44. The Kier molecular flexibility index (Phi) is 4.26. The monoisotopic (exact) mass is 425 g/mol. The summed E-state index contributed by atoms with van der Waals surface area (Å²) in [4.78, 5) is 2.32. The van der Waals surface area contributed by atoms with Crippen molar-refractivity contribution in [1.29, 1.82) is 0 Å². The van der Waals surface area contributed by atoms with Gasteiger partial charge in [0.1, 0.15) is 5.75 Å². The second-order valence-corrected chi connectivity index (χ2v) is 8.71. The number of allylic oxidation sites excluding steroid dienone is 2. The average Bonchev–Trinajstić information content (AvgIpc) is 2.82. The molecule has 0 fully saturated rings. The Morgan fingerprint density at radius 1 is 0.844 bits per heavy atom. The van der Waals surface area contributed by atoms with E-state index >= 15 is 0 Å². The molecule has 0 bridgehead atoms. The molecule has 4 heteroatoms. The SMILES string of the molecule is COc1cc2c3c(ccc2c(C2=CCCCC2)c1OC)-c1ccc(OC)c2c1=C(C=2)N3C. The van der Waals surface area contributed by atoms with E-state index in [2.05, 4.69) is 54.4 Å². The number of rotatable bonds is 4. The van der Waals surface area contributed by atoms with Gasteiger partial charge in [0.2, 0.25) is 0 Å². The van der Waals surface area contributed by atoms with Crippen molar-refractivity contribution in [2.45, 2.75) is 25.7 Å². The molecular formula is C28H27NO3. The smallest absolute Gasteiger partial charge is 0.168 e. The first kappa shape index (κ1) is 19.3. The third-order valence-corrected chi connectivity index (χ3v) is 7.20. The second kappa shape index (κ2) is 7.06. The summed E-state index contributed by atoms with van der Waals surface area (Å²) >= 11 is 0. The van der Waals surface area contributed by atoms with Crippen LogP contribution in [0, 0.1) is 0 Å². The maximum atomic E-state index is 5.91. The summed E-state index contributed by atoms with van der Waals surface area (Å²) in [6.07, 6.45) is 9.26. The quantitative estimate of drug-likeness (QED) is 0.598. The molecule has 3 aliphatic rings. The van der Waals surface area contributed by atoms with Crippen LogP contribution in [0.5, 0.6) is 17.2 Å². The predicted octanol–water partition coefficient (Wildman–Crippen LogP) is 4.84. The van der Waals surface area contributed by atoms with Crippen LogP contribution in [-0.2, 0) is 0 Å². The van der Waals surface area contributed by atoms with E-state index in [1.165, 1.54) is 67.7 Å². The molecule has 0 spiro atoms. The van der Waals surface area contributed by atoms with Crippen molar-refractivity contribution in [2.24, 2.45) is 0 Å². The molecule has 0 amide bonds. The lowest BCUT2D eigenvalue weighted by atomic mass is 9.84. The normalized spacial score (nSPS) is 15.9. The predicted molar refractivity (Wildman–Crippen MR) is 131 cm³/mol. The molecule has 6 rings (SSSR count). The number of nitrogens with zero attached hydrogens (tertiary/aromatic N) is 1. The van der Waals surface area contributed by atoms with Crippen molar-refractivity contribution in [1.82, 2.24) is 0 Å². The highest BCUT2D eigenvalue weighted by Crippen LogP contribution is 2.49. The Morgan fingerprint density at radius 3 is 2.38 bits per heavy atom. The van der Waals surface area contributed by atoms with E-state index < -0.39 is 0 Å². The molecule has 1 aliphatic heterocycles. The van der Waals surface area contributed by atoms with E-state index in [1.807, 2.05) is 0 Å². The zero-order chi connectivity index (χ0) is 22.0. The first-order valence-electron chi connectivity index (χ1n) is 11.3. The molecule has 2 aliphatic carbocycles. The van der Waals surface area contributed by atoms with Crippen LogP contribution in [0.1, 0.15) is 31.2 Å². The minimum absolute atomic E-state index is 0.784. The fourth-order valence-electron chi connectivity index (χ4n) is 5.67. The van der Waals surface area contributed by atoms with Gasteiger partial charge in [-0.05, 0) is 66.5 Å². The minimum atomic E-state index is 0.784. The largest absolute Gasteiger partial charge is 0.496 e. The summed E-state index contributed by atoms with van der Waals surface area (Å²) in [5, 5.41) is 4.89. The summed E-state index contributed by atoms with van der Waals surface area (Å²) in [5.41, 5.74) is 7.51. The van der Waals surface area contributed by atoms with Gasteiger partial charge < -0.3 is 19.1 Å². The first-order chi connectivity index (χ1) is 15.7. The topological polar surface area (TPSA) is 30.9 Å². The summed E-state index contributed by atoms with van der Waals surface area (Å²) in [6.45, 7) is 0. The van der Waals surface area contributed by atoms with Crippen LogP contribution in [-0.4, -0.2) is 28.4 Å². The molecule has 0 saturated carbocycles. The van der Waals surface area contributed by atoms with Crippen molar-refractivity contribution in [3.8, 4) is 28.4 Å². The second-order valence-electron chi connectivity index (χ2n) is 8.71. The summed E-state index contributed by atoms with van der Waals surface area (Å²) in [5.74, 6) is 2.55. The molecule has 4 nitrogen and oxygen atoms in total. The van der Waals surface area contributed by atoms with Gasteiger partial charge in [-0.3, -0.25) is 0 Å². The summed E-state index contributed by atoms with van der Waals surface area (Å²) in [7, 11) is 7.36. The van der Waals surface area contributed by atoms with Gasteiger partial charge in [-0.15, -0.1) is 0 Å². The Balaban J connectivity index is 1.69. The van der Waals surface area contributed by atoms with Crippen LogP contribution in [0.25, 0.3) is 39.2 Å². The van der Waals surface area contributed by atoms with E-state index in [0.29, 0.717) is 0 Å². The third-order valence-electron chi connectivity index (χ3n) is 7.20. The fourth-order valence-corrected chi connectivity index (χ4v) is 5.67. The minimum Gasteiger partial charge on any atom is -0.496 e. The molecular weight excluding hydrogens is 398 g/mol. The standard InChI is InChI=1S/C28H27NO3/c1-29-22-14-21-23(30-2)13-12-17(26(21)22)19-11-10-18-20(27(19)29)15-24(31-3)28(32-4)25(18)16-8-6-5-7-9-16/h8,10-15H,5-7,9H2,1-4H3.